The minimum atomic E-state index is -1.39. The third-order valence-electron chi connectivity index (χ3n) is 7.10. The number of carbonyl (C=O) groups excluding carboxylic acids is 3. The molecule has 33 heavy (non-hydrogen) atoms. The van der Waals surface area contributed by atoms with E-state index in [1.807, 2.05) is 49.4 Å². The Morgan fingerprint density at radius 3 is 2.58 bits per heavy atom. The summed E-state index contributed by atoms with van der Waals surface area (Å²) in [5.41, 5.74) is 1.80. The number of hydrogen-bond acceptors (Lipinski definition) is 5. The average molecular weight is 447 g/mol. The van der Waals surface area contributed by atoms with Crippen LogP contribution in [0.2, 0.25) is 0 Å². The van der Waals surface area contributed by atoms with Crippen LogP contribution in [0.1, 0.15) is 29.5 Å². The van der Waals surface area contributed by atoms with Gasteiger partial charge >= 0.3 is 5.97 Å². The number of anilines is 1. The van der Waals surface area contributed by atoms with Gasteiger partial charge in [-0.05, 0) is 31.4 Å². The van der Waals surface area contributed by atoms with Crippen molar-refractivity contribution in [3.8, 4) is 0 Å². The van der Waals surface area contributed by atoms with Crippen molar-refractivity contribution >= 4 is 29.4 Å². The van der Waals surface area contributed by atoms with E-state index in [2.05, 4.69) is 10.6 Å². The fourth-order valence-electron chi connectivity index (χ4n) is 5.61. The van der Waals surface area contributed by atoms with E-state index in [0.717, 1.165) is 11.1 Å². The molecule has 170 valence electrons. The molecule has 4 atom stereocenters. The maximum Gasteiger partial charge on any atom is 0.303 e. The zero-order valence-electron chi connectivity index (χ0n) is 18.2. The Kier molecular flexibility index (Phi) is 5.05. The van der Waals surface area contributed by atoms with Gasteiger partial charge in [0.2, 0.25) is 17.7 Å². The van der Waals surface area contributed by atoms with Gasteiger partial charge in [0.15, 0.2) is 0 Å². The number of benzene rings is 2. The Morgan fingerprint density at radius 1 is 1.09 bits per heavy atom. The standard InChI is InChI=1S/C25H25N3O5/c1-14-7-8-17-16(13-14)25(24(33)26-17)21-20(18(27-25)9-10-19(29)30)22(31)28(23(21)32)12-11-15-5-3-2-4-6-15/h2-8,13,18,20-21,27H,9-12H2,1H3,(H,26,33)(H,29,30)/t18-,20-,21+,25+/m1/s1. The Hall–Kier alpha value is -3.52. The number of likely N-dealkylation sites (tertiary alicyclic amines) is 1. The van der Waals surface area contributed by atoms with Crippen molar-refractivity contribution in [2.24, 2.45) is 11.8 Å². The van der Waals surface area contributed by atoms with Crippen LogP contribution < -0.4 is 10.6 Å². The van der Waals surface area contributed by atoms with Crippen LogP contribution in [0.25, 0.3) is 0 Å². The number of carboxylic acids is 1. The fourth-order valence-corrected chi connectivity index (χ4v) is 5.61. The highest BCUT2D eigenvalue weighted by molar-refractivity contribution is 6.15. The topological polar surface area (TPSA) is 116 Å². The Bertz CT molecular complexity index is 1160. The number of carboxylic acid groups (broad SMARTS) is 1. The molecule has 8 heteroatoms. The second-order valence-corrected chi connectivity index (χ2v) is 9.06. The number of rotatable bonds is 6. The van der Waals surface area contributed by atoms with E-state index in [-0.39, 0.29) is 37.1 Å². The third-order valence-corrected chi connectivity index (χ3v) is 7.10. The molecule has 5 rings (SSSR count). The molecular formula is C25H25N3O5. The summed E-state index contributed by atoms with van der Waals surface area (Å²) in [5, 5.41) is 15.4. The second-order valence-electron chi connectivity index (χ2n) is 9.06. The van der Waals surface area contributed by atoms with Crippen molar-refractivity contribution in [1.82, 2.24) is 10.2 Å². The van der Waals surface area contributed by atoms with Crippen LogP contribution in [0.15, 0.2) is 48.5 Å². The van der Waals surface area contributed by atoms with Gasteiger partial charge in [-0.15, -0.1) is 0 Å². The molecule has 2 saturated heterocycles. The smallest absolute Gasteiger partial charge is 0.303 e. The van der Waals surface area contributed by atoms with E-state index in [0.29, 0.717) is 17.7 Å². The second kappa shape index (κ2) is 7.81. The molecule has 3 amide bonds. The number of fused-ring (bicyclic) bond motifs is 4. The third kappa shape index (κ3) is 3.24. The number of nitrogens with zero attached hydrogens (tertiary/aromatic N) is 1. The lowest BCUT2D eigenvalue weighted by Crippen LogP contribution is -2.53. The van der Waals surface area contributed by atoms with Crippen LogP contribution in [0.5, 0.6) is 0 Å². The first-order valence-electron chi connectivity index (χ1n) is 11.1. The van der Waals surface area contributed by atoms with E-state index in [1.165, 1.54) is 4.90 Å². The van der Waals surface area contributed by atoms with Crippen LogP contribution in [0.4, 0.5) is 5.69 Å². The number of aryl methyl sites for hydroxylation is 1. The number of aliphatic carboxylic acids is 1. The molecule has 3 heterocycles. The molecule has 3 aliphatic heterocycles. The van der Waals surface area contributed by atoms with Crippen molar-refractivity contribution in [3.05, 3.63) is 65.2 Å². The summed E-state index contributed by atoms with van der Waals surface area (Å²) < 4.78 is 0. The van der Waals surface area contributed by atoms with Crippen LogP contribution in [-0.4, -0.2) is 46.3 Å². The fraction of sp³-hybridized carbons (Fsp3) is 0.360. The molecule has 2 fully saturated rings. The van der Waals surface area contributed by atoms with E-state index in [4.69, 9.17) is 0 Å². The van der Waals surface area contributed by atoms with Gasteiger partial charge in [-0.2, -0.15) is 0 Å². The minimum absolute atomic E-state index is 0.151. The number of nitrogens with one attached hydrogen (secondary N) is 2. The van der Waals surface area contributed by atoms with E-state index in [1.54, 1.807) is 6.07 Å². The monoisotopic (exact) mass is 447 g/mol. The summed E-state index contributed by atoms with van der Waals surface area (Å²) in [6.45, 7) is 2.12. The number of hydrogen-bond donors (Lipinski definition) is 3. The molecular weight excluding hydrogens is 422 g/mol. The normalized spacial score (nSPS) is 27.7. The van der Waals surface area contributed by atoms with Crippen LogP contribution >= 0.6 is 0 Å². The van der Waals surface area contributed by atoms with Gasteiger partial charge in [0.05, 0.1) is 11.8 Å². The lowest BCUT2D eigenvalue weighted by molar-refractivity contribution is -0.143. The molecule has 0 radical (unpaired) electrons. The molecule has 3 aliphatic rings. The maximum atomic E-state index is 13.7. The SMILES string of the molecule is Cc1ccc2c(c1)[C@@]1(N[C@H](CCC(=O)O)[C@H]3C(=O)N(CCc4ccccc4)C(=O)[C@H]31)C(=O)N2. The quantitative estimate of drug-likeness (QED) is 0.582. The largest absolute Gasteiger partial charge is 0.481 e. The van der Waals surface area contributed by atoms with E-state index < -0.39 is 29.4 Å². The van der Waals surface area contributed by atoms with Crippen LogP contribution in [-0.2, 0) is 31.1 Å². The summed E-state index contributed by atoms with van der Waals surface area (Å²) in [5.74, 6) is -3.78. The number of carbonyl (C=O) groups is 4. The summed E-state index contributed by atoms with van der Waals surface area (Å²) in [6, 6.07) is 14.5. The molecule has 0 aliphatic carbocycles. The first-order chi connectivity index (χ1) is 15.8. The molecule has 1 spiro atoms. The Labute approximate surface area is 191 Å². The van der Waals surface area contributed by atoms with Crippen molar-refractivity contribution < 1.29 is 24.3 Å². The van der Waals surface area contributed by atoms with Crippen molar-refractivity contribution in [1.29, 1.82) is 0 Å². The Balaban J connectivity index is 1.53. The summed E-state index contributed by atoms with van der Waals surface area (Å²) in [6.07, 6.45) is 0.503. The highest BCUT2D eigenvalue weighted by atomic mass is 16.4. The summed E-state index contributed by atoms with van der Waals surface area (Å²) in [4.78, 5) is 53.0. The summed E-state index contributed by atoms with van der Waals surface area (Å²) in [7, 11) is 0. The molecule has 8 nitrogen and oxygen atoms in total. The molecule has 2 aromatic carbocycles. The molecule has 3 N–H and O–H groups in total. The van der Waals surface area contributed by atoms with Crippen molar-refractivity contribution in [2.75, 3.05) is 11.9 Å². The highest BCUT2D eigenvalue weighted by Crippen LogP contribution is 2.53. The zero-order valence-corrected chi connectivity index (χ0v) is 18.2. The lowest BCUT2D eigenvalue weighted by Gasteiger charge is -2.29. The predicted octanol–water partition coefficient (Wildman–Crippen LogP) is 1.82. The number of amides is 3. The maximum absolute atomic E-state index is 13.7. The summed E-state index contributed by atoms with van der Waals surface area (Å²) >= 11 is 0. The highest BCUT2D eigenvalue weighted by Gasteiger charge is 2.70. The molecule has 0 saturated carbocycles. The minimum Gasteiger partial charge on any atom is -0.481 e. The van der Waals surface area contributed by atoms with Gasteiger partial charge in [-0.25, -0.2) is 0 Å². The van der Waals surface area contributed by atoms with Gasteiger partial charge in [0.1, 0.15) is 5.54 Å². The van der Waals surface area contributed by atoms with Gasteiger partial charge in [-0.1, -0.05) is 48.0 Å². The first-order valence-corrected chi connectivity index (χ1v) is 11.1. The van der Waals surface area contributed by atoms with Gasteiger partial charge in [0.25, 0.3) is 0 Å². The zero-order chi connectivity index (χ0) is 23.3. The van der Waals surface area contributed by atoms with Crippen LogP contribution in [0, 0.1) is 18.8 Å². The van der Waals surface area contributed by atoms with Crippen molar-refractivity contribution in [2.45, 2.75) is 37.8 Å². The average Bonchev–Trinajstić information content (AvgIpc) is 3.37. The van der Waals surface area contributed by atoms with E-state index in [9.17, 15) is 24.3 Å². The predicted molar refractivity (Wildman–Crippen MR) is 119 cm³/mol. The molecule has 0 unspecified atom stereocenters. The Morgan fingerprint density at radius 2 is 1.85 bits per heavy atom. The van der Waals surface area contributed by atoms with Gasteiger partial charge in [0, 0.05) is 30.3 Å². The van der Waals surface area contributed by atoms with Gasteiger partial charge < -0.3 is 10.4 Å². The van der Waals surface area contributed by atoms with E-state index >= 15 is 0 Å². The number of imide groups is 1. The lowest BCUT2D eigenvalue weighted by atomic mass is 9.76. The van der Waals surface area contributed by atoms with Gasteiger partial charge in [-0.3, -0.25) is 29.4 Å². The van der Waals surface area contributed by atoms with Crippen molar-refractivity contribution in [3.63, 3.8) is 0 Å². The molecule has 0 aromatic heterocycles. The van der Waals surface area contributed by atoms with Crippen LogP contribution in [0.3, 0.4) is 0 Å². The molecule has 0 bridgehead atoms. The first kappa shape index (κ1) is 21.3. The molecule has 2 aromatic rings.